The summed E-state index contributed by atoms with van der Waals surface area (Å²) in [6.07, 6.45) is 1.36. The smallest absolute Gasteiger partial charge is 0.252 e. The van der Waals surface area contributed by atoms with Crippen LogP contribution in [0.15, 0.2) is 54.8 Å². The van der Waals surface area contributed by atoms with Crippen molar-refractivity contribution < 1.29 is 14.3 Å². The van der Waals surface area contributed by atoms with Crippen LogP contribution in [-0.2, 0) is 16.1 Å². The molecule has 0 radical (unpaired) electrons. The highest BCUT2D eigenvalue weighted by Gasteiger charge is 2.13. The molecule has 0 fully saturated rings. The van der Waals surface area contributed by atoms with Crippen LogP contribution in [0.1, 0.15) is 16.7 Å². The first-order valence-electron chi connectivity index (χ1n) is 6.93. The first-order valence-corrected chi connectivity index (χ1v) is 6.93. The quantitative estimate of drug-likeness (QED) is 0.658. The van der Waals surface area contributed by atoms with E-state index >= 15 is 0 Å². The second kappa shape index (κ2) is 7.31. The molecular formula is C18H19NO3. The summed E-state index contributed by atoms with van der Waals surface area (Å²) >= 11 is 0. The Morgan fingerprint density at radius 3 is 2.50 bits per heavy atom. The summed E-state index contributed by atoms with van der Waals surface area (Å²) in [5.74, 6) is 0.277. The molecule has 0 saturated carbocycles. The fourth-order valence-electron chi connectivity index (χ4n) is 2.15. The Morgan fingerprint density at radius 2 is 1.82 bits per heavy atom. The van der Waals surface area contributed by atoms with Gasteiger partial charge in [-0.15, -0.1) is 0 Å². The van der Waals surface area contributed by atoms with Gasteiger partial charge in [-0.3, -0.25) is 4.79 Å². The minimum Gasteiger partial charge on any atom is -0.504 e. The number of aryl methyl sites for hydroxylation is 1. The van der Waals surface area contributed by atoms with E-state index in [1.54, 1.807) is 0 Å². The molecule has 2 rings (SSSR count). The van der Waals surface area contributed by atoms with Crippen molar-refractivity contribution >= 4 is 11.5 Å². The number of hydrogen-bond acceptors (Lipinski definition) is 3. The lowest BCUT2D eigenvalue weighted by molar-refractivity contribution is -0.112. The normalized spacial score (nSPS) is 11.1. The number of carbonyl (C=O) groups is 1. The molecule has 4 heteroatoms. The van der Waals surface area contributed by atoms with Crippen molar-refractivity contribution in [3.63, 3.8) is 0 Å². The number of rotatable bonds is 6. The highest BCUT2D eigenvalue weighted by Crippen LogP contribution is 2.23. The Labute approximate surface area is 130 Å². The Morgan fingerprint density at radius 1 is 1.14 bits per heavy atom. The maximum Gasteiger partial charge on any atom is 0.252 e. The minimum atomic E-state index is -0.537. The van der Waals surface area contributed by atoms with Gasteiger partial charge in [-0.25, -0.2) is 0 Å². The molecule has 1 amide bonds. The van der Waals surface area contributed by atoms with Crippen LogP contribution in [0.5, 0.6) is 5.75 Å². The van der Waals surface area contributed by atoms with E-state index in [1.807, 2.05) is 55.5 Å². The van der Waals surface area contributed by atoms with Crippen molar-refractivity contribution in [2.75, 3.05) is 7.11 Å². The average molecular weight is 297 g/mol. The van der Waals surface area contributed by atoms with Crippen molar-refractivity contribution in [3.05, 3.63) is 71.5 Å². The molecule has 0 aliphatic heterocycles. The van der Waals surface area contributed by atoms with E-state index in [0.717, 1.165) is 16.9 Å². The third-order valence-corrected chi connectivity index (χ3v) is 3.29. The zero-order valence-corrected chi connectivity index (χ0v) is 12.7. The van der Waals surface area contributed by atoms with E-state index in [-0.39, 0.29) is 0 Å². The summed E-state index contributed by atoms with van der Waals surface area (Å²) < 4.78 is 10.8. The molecule has 2 aromatic rings. The maximum absolute atomic E-state index is 11.6. The van der Waals surface area contributed by atoms with Gasteiger partial charge in [-0.1, -0.05) is 42.5 Å². The van der Waals surface area contributed by atoms with Crippen molar-refractivity contribution in [2.45, 2.75) is 13.5 Å². The van der Waals surface area contributed by atoms with Crippen LogP contribution in [0.25, 0.3) is 5.57 Å². The highest BCUT2D eigenvalue weighted by atomic mass is 16.5. The molecule has 0 aliphatic rings. The number of carbonyl (C=O) groups excluding carboxylic acids is 1. The molecular weight excluding hydrogens is 278 g/mol. The van der Waals surface area contributed by atoms with Gasteiger partial charge in [0.15, 0.2) is 0 Å². The number of ether oxygens (including phenoxy) is 2. The minimum absolute atomic E-state index is 0.325. The molecule has 0 saturated heterocycles. The van der Waals surface area contributed by atoms with Crippen LogP contribution in [0.4, 0.5) is 0 Å². The second-order valence-electron chi connectivity index (χ2n) is 4.84. The van der Waals surface area contributed by atoms with E-state index < -0.39 is 5.91 Å². The Hall–Kier alpha value is -2.75. The zero-order chi connectivity index (χ0) is 15.9. The topological polar surface area (TPSA) is 61.5 Å². The lowest BCUT2D eigenvalue weighted by Gasteiger charge is -2.13. The lowest BCUT2D eigenvalue weighted by Crippen LogP contribution is -2.15. The number of nitrogens with two attached hydrogens (primary N) is 1. The monoisotopic (exact) mass is 297 g/mol. The molecule has 2 N–H and O–H groups in total. The van der Waals surface area contributed by atoms with Crippen molar-refractivity contribution in [2.24, 2.45) is 5.73 Å². The van der Waals surface area contributed by atoms with E-state index in [2.05, 4.69) is 0 Å². The zero-order valence-electron chi connectivity index (χ0n) is 12.7. The fourth-order valence-corrected chi connectivity index (χ4v) is 2.15. The number of para-hydroxylation sites is 1. The third kappa shape index (κ3) is 3.67. The largest absolute Gasteiger partial charge is 0.504 e. The summed E-state index contributed by atoms with van der Waals surface area (Å²) in [6.45, 7) is 2.33. The first-order chi connectivity index (χ1) is 10.6. The summed E-state index contributed by atoms with van der Waals surface area (Å²) in [4.78, 5) is 11.6. The molecule has 0 heterocycles. The molecule has 2 aromatic carbocycles. The van der Waals surface area contributed by atoms with Crippen LogP contribution in [0.2, 0.25) is 0 Å². The molecule has 0 bridgehead atoms. The number of methoxy groups -OCH3 is 1. The van der Waals surface area contributed by atoms with Gasteiger partial charge in [-0.05, 0) is 29.7 Å². The molecule has 22 heavy (non-hydrogen) atoms. The van der Waals surface area contributed by atoms with Gasteiger partial charge in [0, 0.05) is 0 Å². The predicted molar refractivity (Wildman–Crippen MR) is 86.1 cm³/mol. The summed E-state index contributed by atoms with van der Waals surface area (Å²) in [5.41, 5.74) is 8.39. The third-order valence-electron chi connectivity index (χ3n) is 3.29. The summed E-state index contributed by atoms with van der Waals surface area (Å²) in [7, 11) is 1.48. The van der Waals surface area contributed by atoms with Gasteiger partial charge in [0.2, 0.25) is 0 Å². The number of amides is 1. The van der Waals surface area contributed by atoms with Gasteiger partial charge >= 0.3 is 0 Å². The van der Waals surface area contributed by atoms with Gasteiger partial charge in [0.1, 0.15) is 12.4 Å². The lowest BCUT2D eigenvalue weighted by atomic mass is 10.0. The standard InChI is InChI=1S/C18H19NO3/c1-13-7-3-6-10-17(13)22-11-14-8-4-5-9-15(14)16(12-21-2)18(19)20/h3-10,12H,11H2,1-2H3,(H2,19,20)/b16-12+. The van der Waals surface area contributed by atoms with E-state index in [1.165, 1.54) is 13.4 Å². The van der Waals surface area contributed by atoms with Crippen LogP contribution in [0.3, 0.4) is 0 Å². The Bertz CT molecular complexity index is 692. The molecule has 0 aliphatic carbocycles. The van der Waals surface area contributed by atoms with Crippen LogP contribution in [-0.4, -0.2) is 13.0 Å². The van der Waals surface area contributed by atoms with Crippen LogP contribution < -0.4 is 10.5 Å². The Kier molecular flexibility index (Phi) is 5.20. The van der Waals surface area contributed by atoms with E-state index in [0.29, 0.717) is 17.7 Å². The van der Waals surface area contributed by atoms with E-state index in [9.17, 15) is 4.79 Å². The molecule has 0 unspecified atom stereocenters. The molecule has 0 atom stereocenters. The van der Waals surface area contributed by atoms with Crippen molar-refractivity contribution in [1.82, 2.24) is 0 Å². The Balaban J connectivity index is 2.27. The maximum atomic E-state index is 11.6. The van der Waals surface area contributed by atoms with Crippen LogP contribution in [0, 0.1) is 6.92 Å². The van der Waals surface area contributed by atoms with Gasteiger partial charge in [0.25, 0.3) is 5.91 Å². The predicted octanol–water partition coefficient (Wildman–Crippen LogP) is 3.05. The molecule has 0 aromatic heterocycles. The second-order valence-corrected chi connectivity index (χ2v) is 4.84. The highest BCUT2D eigenvalue weighted by molar-refractivity contribution is 6.18. The van der Waals surface area contributed by atoms with Crippen molar-refractivity contribution in [1.29, 1.82) is 0 Å². The molecule has 114 valence electrons. The number of benzene rings is 2. The fraction of sp³-hybridized carbons (Fsp3) is 0.167. The first kappa shape index (κ1) is 15.6. The van der Waals surface area contributed by atoms with Gasteiger partial charge in [-0.2, -0.15) is 0 Å². The summed E-state index contributed by atoms with van der Waals surface area (Å²) in [5, 5.41) is 0. The number of primary amides is 1. The molecule has 0 spiro atoms. The SMILES string of the molecule is CO/C=C(/C(N)=O)c1ccccc1COc1ccccc1C. The molecule has 4 nitrogen and oxygen atoms in total. The van der Waals surface area contributed by atoms with E-state index in [4.69, 9.17) is 15.2 Å². The van der Waals surface area contributed by atoms with Crippen molar-refractivity contribution in [3.8, 4) is 5.75 Å². The summed E-state index contributed by atoms with van der Waals surface area (Å²) in [6, 6.07) is 15.3. The van der Waals surface area contributed by atoms with Crippen LogP contribution >= 0.6 is 0 Å². The van der Waals surface area contributed by atoms with Gasteiger partial charge < -0.3 is 15.2 Å². The number of hydrogen-bond donors (Lipinski definition) is 1. The van der Waals surface area contributed by atoms with Gasteiger partial charge in [0.05, 0.1) is 18.9 Å². The average Bonchev–Trinajstić information content (AvgIpc) is 2.52.